The minimum Gasteiger partial charge on any atom is -0.492 e. The highest BCUT2D eigenvalue weighted by Gasteiger charge is 2.32. The van der Waals surface area contributed by atoms with Crippen LogP contribution in [0.3, 0.4) is 0 Å². The van der Waals surface area contributed by atoms with Gasteiger partial charge in [0.2, 0.25) is 0 Å². The predicted octanol–water partition coefficient (Wildman–Crippen LogP) is 5.64. The quantitative estimate of drug-likeness (QED) is 0.349. The van der Waals surface area contributed by atoms with Crippen molar-refractivity contribution in [1.82, 2.24) is 4.72 Å². The first-order chi connectivity index (χ1) is 18.7. The lowest BCUT2D eigenvalue weighted by Gasteiger charge is -2.19. The molecule has 206 valence electrons. The molecule has 1 unspecified atom stereocenters. The van der Waals surface area contributed by atoms with E-state index in [-0.39, 0.29) is 24.1 Å². The summed E-state index contributed by atoms with van der Waals surface area (Å²) >= 11 is 0. The Morgan fingerprint density at radius 1 is 1.15 bits per heavy atom. The van der Waals surface area contributed by atoms with Crippen molar-refractivity contribution < 1.29 is 27.6 Å². The molecule has 3 aromatic carbocycles. The second kappa shape index (κ2) is 11.5. The number of methoxy groups -OCH3 is 1. The number of ether oxygens (including phenoxy) is 3. The molecule has 6 nitrogen and oxygen atoms in total. The van der Waals surface area contributed by atoms with Crippen LogP contribution in [0.1, 0.15) is 58.2 Å². The van der Waals surface area contributed by atoms with E-state index in [0.717, 1.165) is 46.2 Å². The fourth-order valence-corrected chi connectivity index (χ4v) is 6.32. The molecule has 0 saturated carbocycles. The van der Waals surface area contributed by atoms with Gasteiger partial charge in [-0.1, -0.05) is 24.3 Å². The zero-order chi connectivity index (χ0) is 27.7. The number of hydrogen-bond acceptors (Lipinski definition) is 5. The smallest absolute Gasteiger partial charge is 0.306 e. The van der Waals surface area contributed by atoms with Crippen molar-refractivity contribution in [2.45, 2.75) is 51.6 Å². The van der Waals surface area contributed by atoms with Gasteiger partial charge < -0.3 is 14.2 Å². The Morgan fingerprint density at radius 3 is 2.64 bits per heavy atom. The third kappa shape index (κ3) is 5.72. The standard InChI is InChI=1S/C31H34FNO5S/c1-18-13-20(11-12-33-39(4)35)14-19(2)30(18)24-7-9-26(32)31-25(24)8-10-27(31)38-22-5-6-23-21(15-29(34)36-3)17-37-28(23)16-22/h5-7,9,13-14,16,21,27,33H,8,10-12,15,17H2,1-4H3/t21-,27-,39?/m1/s1. The number of fused-ring (bicyclic) bond motifs is 2. The van der Waals surface area contributed by atoms with Gasteiger partial charge in [0.05, 0.1) is 31.1 Å². The summed E-state index contributed by atoms with van der Waals surface area (Å²) in [6, 6.07) is 13.4. The molecule has 0 bridgehead atoms. The maximum absolute atomic E-state index is 15.3. The Hall–Kier alpha value is -3.23. The number of carbonyl (C=O) groups is 1. The van der Waals surface area contributed by atoms with E-state index in [0.29, 0.717) is 36.6 Å². The van der Waals surface area contributed by atoms with Gasteiger partial charge >= 0.3 is 5.97 Å². The summed E-state index contributed by atoms with van der Waals surface area (Å²) in [6.45, 7) is 5.25. The van der Waals surface area contributed by atoms with Crippen molar-refractivity contribution in [3.63, 3.8) is 0 Å². The highest BCUT2D eigenvalue weighted by atomic mass is 32.2. The molecule has 0 amide bonds. The van der Waals surface area contributed by atoms with Gasteiger partial charge in [0.1, 0.15) is 23.4 Å². The Morgan fingerprint density at radius 2 is 1.92 bits per heavy atom. The number of benzene rings is 3. The molecule has 8 heteroatoms. The SMILES string of the molecule is COC(=O)C[C@@H]1COc2cc(O[C@@H]3CCc4c(-c5c(C)cc(CCNS(C)=O)cc5C)ccc(F)c43)ccc21. The maximum Gasteiger partial charge on any atom is 0.306 e. The second-order valence-corrected chi connectivity index (χ2v) is 11.5. The highest BCUT2D eigenvalue weighted by molar-refractivity contribution is 7.82. The van der Waals surface area contributed by atoms with Gasteiger partial charge in [-0.2, -0.15) is 0 Å². The molecular weight excluding hydrogens is 517 g/mol. The van der Waals surface area contributed by atoms with Gasteiger partial charge in [-0.05, 0) is 78.6 Å². The first kappa shape index (κ1) is 27.3. The van der Waals surface area contributed by atoms with Gasteiger partial charge in [-0.3, -0.25) is 4.79 Å². The van der Waals surface area contributed by atoms with Crippen LogP contribution in [-0.4, -0.2) is 36.7 Å². The molecule has 0 spiro atoms. The van der Waals surface area contributed by atoms with E-state index in [1.54, 1.807) is 12.3 Å². The molecule has 1 aliphatic heterocycles. The van der Waals surface area contributed by atoms with Crippen LogP contribution in [-0.2, 0) is 33.4 Å². The summed E-state index contributed by atoms with van der Waals surface area (Å²) < 4.78 is 46.5. The largest absolute Gasteiger partial charge is 0.492 e. The minimum absolute atomic E-state index is 0.0431. The molecule has 3 atom stereocenters. The van der Waals surface area contributed by atoms with Gasteiger partial charge in [0, 0.05) is 35.9 Å². The average Bonchev–Trinajstić information content (AvgIpc) is 3.49. The lowest BCUT2D eigenvalue weighted by atomic mass is 9.88. The van der Waals surface area contributed by atoms with E-state index in [1.165, 1.54) is 12.7 Å². The molecule has 0 saturated heterocycles. The number of rotatable bonds is 9. The zero-order valence-corrected chi connectivity index (χ0v) is 23.6. The summed E-state index contributed by atoms with van der Waals surface area (Å²) in [5.74, 6) is 0.752. The van der Waals surface area contributed by atoms with Crippen molar-refractivity contribution in [2.75, 3.05) is 26.5 Å². The van der Waals surface area contributed by atoms with Crippen LogP contribution >= 0.6 is 0 Å². The van der Waals surface area contributed by atoms with Crippen LogP contribution in [0, 0.1) is 19.7 Å². The van der Waals surface area contributed by atoms with Crippen LogP contribution in [0.2, 0.25) is 0 Å². The van der Waals surface area contributed by atoms with Crippen molar-refractivity contribution >= 4 is 17.0 Å². The summed E-state index contributed by atoms with van der Waals surface area (Å²) in [7, 11) is 0.353. The lowest BCUT2D eigenvalue weighted by Crippen LogP contribution is -2.18. The third-order valence-corrected chi connectivity index (χ3v) is 8.26. The normalized spacial score (nSPS) is 18.3. The predicted molar refractivity (Wildman–Crippen MR) is 150 cm³/mol. The van der Waals surface area contributed by atoms with Crippen LogP contribution in [0.5, 0.6) is 11.5 Å². The van der Waals surface area contributed by atoms with E-state index < -0.39 is 17.1 Å². The Bertz CT molecular complexity index is 1420. The van der Waals surface area contributed by atoms with Crippen molar-refractivity contribution in [3.05, 3.63) is 81.7 Å². The van der Waals surface area contributed by atoms with Crippen molar-refractivity contribution in [3.8, 4) is 22.6 Å². The topological polar surface area (TPSA) is 73.9 Å². The van der Waals surface area contributed by atoms with Gasteiger partial charge in [0.25, 0.3) is 0 Å². The summed E-state index contributed by atoms with van der Waals surface area (Å²) in [6.07, 6.45) is 3.69. The average molecular weight is 552 g/mol. The Balaban J connectivity index is 1.38. The molecule has 39 heavy (non-hydrogen) atoms. The molecule has 3 aromatic rings. The van der Waals surface area contributed by atoms with E-state index in [4.69, 9.17) is 14.2 Å². The first-order valence-corrected chi connectivity index (χ1v) is 14.8. The van der Waals surface area contributed by atoms with Gasteiger partial charge in [-0.25, -0.2) is 13.3 Å². The number of nitrogens with one attached hydrogen (secondary N) is 1. The molecule has 1 aliphatic carbocycles. The van der Waals surface area contributed by atoms with Crippen LogP contribution in [0.25, 0.3) is 11.1 Å². The van der Waals surface area contributed by atoms with Crippen LogP contribution in [0.15, 0.2) is 42.5 Å². The molecule has 0 fully saturated rings. The van der Waals surface area contributed by atoms with Crippen LogP contribution < -0.4 is 14.2 Å². The molecule has 2 aliphatic rings. The summed E-state index contributed by atoms with van der Waals surface area (Å²) in [4.78, 5) is 11.7. The second-order valence-electron chi connectivity index (χ2n) is 10.3. The number of esters is 1. The third-order valence-electron chi connectivity index (χ3n) is 7.65. The molecule has 0 aromatic heterocycles. The number of hydrogen-bond donors (Lipinski definition) is 1. The fourth-order valence-electron chi connectivity index (χ4n) is 5.93. The molecule has 1 N–H and O–H groups in total. The number of carbonyl (C=O) groups excluding carboxylic acids is 1. The van der Waals surface area contributed by atoms with Crippen LogP contribution in [0.4, 0.5) is 4.39 Å². The van der Waals surface area contributed by atoms with Crippen molar-refractivity contribution in [1.29, 1.82) is 0 Å². The Labute approximate surface area is 231 Å². The zero-order valence-electron chi connectivity index (χ0n) is 22.8. The molecule has 5 rings (SSSR count). The Kier molecular flexibility index (Phi) is 8.05. The summed E-state index contributed by atoms with van der Waals surface area (Å²) in [5, 5.41) is 0. The first-order valence-electron chi connectivity index (χ1n) is 13.2. The lowest BCUT2D eigenvalue weighted by molar-refractivity contribution is -0.141. The number of halogens is 1. The number of aryl methyl sites for hydroxylation is 2. The molecule has 0 radical (unpaired) electrons. The van der Waals surface area contributed by atoms with Gasteiger partial charge in [-0.15, -0.1) is 0 Å². The summed E-state index contributed by atoms with van der Waals surface area (Å²) in [5.41, 5.74) is 8.21. The highest BCUT2D eigenvalue weighted by Crippen LogP contribution is 2.45. The van der Waals surface area contributed by atoms with E-state index in [2.05, 4.69) is 30.7 Å². The monoisotopic (exact) mass is 551 g/mol. The molecule has 1 heterocycles. The van der Waals surface area contributed by atoms with E-state index in [1.807, 2.05) is 24.3 Å². The fraction of sp³-hybridized carbons (Fsp3) is 0.387. The van der Waals surface area contributed by atoms with Crippen molar-refractivity contribution in [2.24, 2.45) is 0 Å². The minimum atomic E-state index is -1.03. The van der Waals surface area contributed by atoms with E-state index >= 15 is 4.39 Å². The van der Waals surface area contributed by atoms with Gasteiger partial charge in [0.15, 0.2) is 0 Å². The molecular formula is C31H34FNO5S. The van der Waals surface area contributed by atoms with E-state index in [9.17, 15) is 9.00 Å². The maximum atomic E-state index is 15.3.